The second-order valence-corrected chi connectivity index (χ2v) is 8.36. The number of pyridine rings is 2. The number of ether oxygens (including phenoxy) is 1. The highest BCUT2D eigenvalue weighted by Crippen LogP contribution is 2.34. The number of fused-ring (bicyclic) bond motifs is 1. The third kappa shape index (κ3) is 5.17. The molecule has 3 heterocycles. The molecule has 0 saturated carbocycles. The summed E-state index contributed by atoms with van der Waals surface area (Å²) in [6, 6.07) is 5.23. The van der Waals surface area contributed by atoms with Crippen LogP contribution in [-0.2, 0) is 19.8 Å². The number of aryl methyl sites for hydroxylation is 1. The maximum absolute atomic E-state index is 13.3. The molecule has 0 unspecified atom stereocenters. The molecule has 1 amide bonds. The summed E-state index contributed by atoms with van der Waals surface area (Å²) >= 11 is 12.4. The first kappa shape index (κ1) is 25.5. The molecule has 0 radical (unpaired) electrons. The first-order valence-corrected chi connectivity index (χ1v) is 11.3. The predicted molar refractivity (Wildman–Crippen MR) is 130 cm³/mol. The van der Waals surface area contributed by atoms with Gasteiger partial charge in [0.05, 0.1) is 56.7 Å². The van der Waals surface area contributed by atoms with Gasteiger partial charge in [0.25, 0.3) is 5.91 Å². The van der Waals surface area contributed by atoms with Crippen molar-refractivity contribution in [1.29, 1.82) is 0 Å². The molecule has 3 aromatic heterocycles. The number of aromatic nitrogens is 4. The summed E-state index contributed by atoms with van der Waals surface area (Å²) in [5, 5.41) is 6.13. The van der Waals surface area contributed by atoms with Crippen LogP contribution in [0.2, 0.25) is 10.0 Å². The maximum atomic E-state index is 13.3. The Morgan fingerprint density at radius 3 is 2.58 bits per heavy atom. The maximum Gasteiger partial charge on any atom is 0.418 e. The summed E-state index contributed by atoms with van der Waals surface area (Å²) in [7, 11) is 1.75. The zero-order chi connectivity index (χ0) is 26.0. The number of carbonyl (C=O) groups excluding carboxylic acids is 1. The zero-order valence-corrected chi connectivity index (χ0v) is 20.5. The molecule has 0 aliphatic rings. The molecule has 4 rings (SSSR count). The van der Waals surface area contributed by atoms with E-state index < -0.39 is 24.2 Å². The third-order valence-electron chi connectivity index (χ3n) is 5.23. The van der Waals surface area contributed by atoms with Crippen molar-refractivity contribution in [2.24, 2.45) is 7.05 Å². The van der Waals surface area contributed by atoms with Crippen molar-refractivity contribution < 1.29 is 22.7 Å². The van der Waals surface area contributed by atoms with Gasteiger partial charge in [-0.2, -0.15) is 13.2 Å². The number of carbonyl (C=O) groups is 1. The number of hydrogen-bond donors (Lipinski definition) is 2. The van der Waals surface area contributed by atoms with E-state index in [0.717, 1.165) is 6.07 Å². The van der Waals surface area contributed by atoms with E-state index in [1.807, 2.05) is 0 Å². The molecule has 36 heavy (non-hydrogen) atoms. The normalized spacial score (nSPS) is 11.5. The van der Waals surface area contributed by atoms with Crippen LogP contribution in [0.25, 0.3) is 11.0 Å². The van der Waals surface area contributed by atoms with E-state index in [-0.39, 0.29) is 33.7 Å². The van der Waals surface area contributed by atoms with Crippen LogP contribution in [-0.4, -0.2) is 32.0 Å². The number of nitrogens with zero attached hydrogens (tertiary/aromatic N) is 4. The number of rotatable bonds is 7. The molecule has 2 N–H and O–H groups in total. The standard InChI is InChI=1S/C23H19Cl2F3N6O2/c1-3-36-19-8-18-16(32-22(34(18)2)33-20-14(24)9-29-10-15(20)25)7-12(19)21(35)31-11-17-13(23(26,27)28)5-4-6-30-17/h4-10H,3,11H2,1-2H3,(H,31,35)(H,29,32,33). The Bertz CT molecular complexity index is 1420. The van der Waals surface area contributed by atoms with Crippen LogP contribution < -0.4 is 15.4 Å². The summed E-state index contributed by atoms with van der Waals surface area (Å²) < 4.78 is 47.2. The molecule has 0 atom stereocenters. The van der Waals surface area contributed by atoms with E-state index in [9.17, 15) is 18.0 Å². The van der Waals surface area contributed by atoms with Gasteiger partial charge in [-0.05, 0) is 25.1 Å². The number of alkyl halides is 3. The predicted octanol–water partition coefficient (Wildman–Crippen LogP) is 5.76. The topological polar surface area (TPSA) is 94.0 Å². The molecule has 0 fully saturated rings. The lowest BCUT2D eigenvalue weighted by Crippen LogP contribution is -2.26. The van der Waals surface area contributed by atoms with E-state index in [1.54, 1.807) is 24.6 Å². The molecule has 0 bridgehead atoms. The minimum absolute atomic E-state index is 0.110. The Labute approximate surface area is 213 Å². The quantitative estimate of drug-likeness (QED) is 0.310. The van der Waals surface area contributed by atoms with Gasteiger partial charge in [-0.25, -0.2) is 4.98 Å². The number of nitrogens with one attached hydrogen (secondary N) is 2. The van der Waals surface area contributed by atoms with Crippen molar-refractivity contribution in [1.82, 2.24) is 24.8 Å². The molecule has 0 aliphatic carbocycles. The summed E-state index contributed by atoms with van der Waals surface area (Å²) in [5.74, 6) is -0.0167. The van der Waals surface area contributed by atoms with Crippen LogP contribution >= 0.6 is 23.2 Å². The summed E-state index contributed by atoms with van der Waals surface area (Å²) in [5.41, 5.74) is 0.364. The van der Waals surface area contributed by atoms with Gasteiger partial charge in [0.2, 0.25) is 5.95 Å². The van der Waals surface area contributed by atoms with Crippen LogP contribution in [0.3, 0.4) is 0 Å². The number of amides is 1. The van der Waals surface area contributed by atoms with Crippen molar-refractivity contribution in [2.45, 2.75) is 19.6 Å². The highest BCUT2D eigenvalue weighted by atomic mass is 35.5. The molecule has 8 nitrogen and oxygen atoms in total. The van der Waals surface area contributed by atoms with Crippen LogP contribution in [0.5, 0.6) is 5.75 Å². The first-order valence-electron chi connectivity index (χ1n) is 10.6. The second-order valence-electron chi connectivity index (χ2n) is 7.55. The van der Waals surface area contributed by atoms with Crippen molar-refractivity contribution in [3.05, 3.63) is 69.7 Å². The molecule has 0 saturated heterocycles. The fourth-order valence-corrected chi connectivity index (χ4v) is 3.98. The van der Waals surface area contributed by atoms with Crippen molar-refractivity contribution >= 4 is 51.8 Å². The molecule has 4 aromatic rings. The van der Waals surface area contributed by atoms with Gasteiger partial charge < -0.3 is 19.9 Å². The average Bonchev–Trinajstić information content (AvgIpc) is 3.13. The summed E-state index contributed by atoms with van der Waals surface area (Å²) in [6.07, 6.45) is -0.500. The van der Waals surface area contributed by atoms with Gasteiger partial charge >= 0.3 is 6.18 Å². The van der Waals surface area contributed by atoms with Crippen LogP contribution in [0, 0.1) is 0 Å². The molecule has 0 aliphatic heterocycles. The SMILES string of the molecule is CCOc1cc2c(cc1C(=O)NCc1ncccc1C(F)(F)F)nc(Nc1c(Cl)cncc1Cl)n2C. The van der Waals surface area contributed by atoms with Crippen molar-refractivity contribution in [2.75, 3.05) is 11.9 Å². The number of hydrogen-bond acceptors (Lipinski definition) is 6. The van der Waals surface area contributed by atoms with Gasteiger partial charge in [0, 0.05) is 31.7 Å². The van der Waals surface area contributed by atoms with E-state index >= 15 is 0 Å². The Kier molecular flexibility index (Phi) is 7.23. The van der Waals surface area contributed by atoms with Crippen LogP contribution in [0.4, 0.5) is 24.8 Å². The Morgan fingerprint density at radius 2 is 1.92 bits per heavy atom. The highest BCUT2D eigenvalue weighted by molar-refractivity contribution is 6.39. The fraction of sp³-hybridized carbons (Fsp3) is 0.217. The molecular weight excluding hydrogens is 520 g/mol. The first-order chi connectivity index (χ1) is 17.1. The minimum atomic E-state index is -4.60. The minimum Gasteiger partial charge on any atom is -0.493 e. The Balaban J connectivity index is 1.66. The fourth-order valence-electron chi connectivity index (χ4n) is 3.52. The number of imidazole rings is 1. The number of benzene rings is 1. The van der Waals surface area contributed by atoms with Gasteiger partial charge in [-0.1, -0.05) is 23.2 Å². The lowest BCUT2D eigenvalue weighted by Gasteiger charge is -2.14. The average molecular weight is 539 g/mol. The van der Waals surface area contributed by atoms with Crippen LogP contribution in [0.15, 0.2) is 42.9 Å². The molecule has 13 heteroatoms. The molecule has 0 spiro atoms. The highest BCUT2D eigenvalue weighted by Gasteiger charge is 2.34. The lowest BCUT2D eigenvalue weighted by molar-refractivity contribution is -0.138. The summed E-state index contributed by atoms with van der Waals surface area (Å²) in [6.45, 7) is 1.58. The molecule has 1 aromatic carbocycles. The van der Waals surface area contributed by atoms with Crippen LogP contribution in [0.1, 0.15) is 28.5 Å². The Morgan fingerprint density at radius 1 is 1.19 bits per heavy atom. The lowest BCUT2D eigenvalue weighted by atomic mass is 10.1. The number of anilines is 2. The van der Waals surface area contributed by atoms with E-state index in [2.05, 4.69) is 25.6 Å². The molecule has 188 valence electrons. The van der Waals surface area contributed by atoms with Crippen molar-refractivity contribution in [3.8, 4) is 5.75 Å². The van der Waals surface area contributed by atoms with Crippen molar-refractivity contribution in [3.63, 3.8) is 0 Å². The summed E-state index contributed by atoms with van der Waals surface area (Å²) in [4.78, 5) is 25.2. The molecular formula is C23H19Cl2F3N6O2. The van der Waals surface area contributed by atoms with Gasteiger partial charge in [-0.3, -0.25) is 14.8 Å². The Hall–Kier alpha value is -3.57. The van der Waals surface area contributed by atoms with E-state index in [4.69, 9.17) is 27.9 Å². The van der Waals surface area contributed by atoms with Gasteiger partial charge in [-0.15, -0.1) is 0 Å². The largest absolute Gasteiger partial charge is 0.493 e. The smallest absolute Gasteiger partial charge is 0.418 e. The third-order valence-corrected chi connectivity index (χ3v) is 5.80. The monoisotopic (exact) mass is 538 g/mol. The number of halogens is 5. The van der Waals surface area contributed by atoms with E-state index in [0.29, 0.717) is 22.7 Å². The van der Waals surface area contributed by atoms with Gasteiger partial charge in [0.1, 0.15) is 5.75 Å². The second kappa shape index (κ2) is 10.2. The van der Waals surface area contributed by atoms with Gasteiger partial charge in [0.15, 0.2) is 0 Å². The van der Waals surface area contributed by atoms with E-state index in [1.165, 1.54) is 30.7 Å². The zero-order valence-electron chi connectivity index (χ0n) is 19.0.